The van der Waals surface area contributed by atoms with Crippen molar-refractivity contribution in [2.75, 3.05) is 0 Å². The van der Waals surface area contributed by atoms with Gasteiger partial charge in [0, 0.05) is 22.7 Å². The van der Waals surface area contributed by atoms with Gasteiger partial charge < -0.3 is 10.5 Å². The maximum atomic E-state index is 13.5. The summed E-state index contributed by atoms with van der Waals surface area (Å²) in [5.74, 6) is 0.181. The number of fused-ring (bicyclic) bond motifs is 1. The number of amides is 1. The lowest BCUT2D eigenvalue weighted by molar-refractivity contribution is 0.100. The molecule has 0 atom stereocenters. The highest BCUT2D eigenvalue weighted by atomic mass is 19.1. The molecule has 0 unspecified atom stereocenters. The predicted octanol–water partition coefficient (Wildman–Crippen LogP) is 3.57. The Morgan fingerprint density at radius 2 is 1.86 bits per heavy atom. The van der Waals surface area contributed by atoms with Gasteiger partial charge in [-0.15, -0.1) is 0 Å². The van der Waals surface area contributed by atoms with Crippen molar-refractivity contribution in [3.63, 3.8) is 0 Å². The molecule has 22 heavy (non-hydrogen) atoms. The minimum absolute atomic E-state index is 0.355. The van der Waals surface area contributed by atoms with Gasteiger partial charge in [-0.1, -0.05) is 0 Å². The van der Waals surface area contributed by atoms with E-state index < -0.39 is 5.91 Å². The number of hydrogen-bond donors (Lipinski definition) is 1. The molecule has 1 amide bonds. The minimum atomic E-state index is -0.501. The molecule has 2 aromatic carbocycles. The average Bonchev–Trinajstić information content (AvgIpc) is 2.48. The van der Waals surface area contributed by atoms with E-state index in [0.29, 0.717) is 28.0 Å². The van der Waals surface area contributed by atoms with E-state index in [9.17, 15) is 9.18 Å². The zero-order chi connectivity index (χ0) is 15.7. The van der Waals surface area contributed by atoms with Crippen LogP contribution in [-0.4, -0.2) is 10.9 Å². The largest absolute Gasteiger partial charge is 0.457 e. The van der Waals surface area contributed by atoms with E-state index in [1.54, 1.807) is 36.4 Å². The van der Waals surface area contributed by atoms with Crippen molar-refractivity contribution in [2.24, 2.45) is 5.73 Å². The van der Waals surface area contributed by atoms with Gasteiger partial charge >= 0.3 is 0 Å². The summed E-state index contributed by atoms with van der Waals surface area (Å²) in [4.78, 5) is 15.4. The van der Waals surface area contributed by atoms with Gasteiger partial charge in [0.05, 0.1) is 5.52 Å². The molecule has 0 aliphatic carbocycles. The van der Waals surface area contributed by atoms with Crippen molar-refractivity contribution in [3.05, 3.63) is 65.6 Å². The van der Waals surface area contributed by atoms with Crippen LogP contribution in [-0.2, 0) is 0 Å². The number of carbonyl (C=O) groups excluding carboxylic acids is 1. The van der Waals surface area contributed by atoms with Crippen LogP contribution in [0.2, 0.25) is 0 Å². The van der Waals surface area contributed by atoms with E-state index in [1.807, 2.05) is 6.92 Å². The number of carbonyl (C=O) groups is 1. The van der Waals surface area contributed by atoms with Gasteiger partial charge in [0.2, 0.25) is 5.91 Å². The number of hydrogen-bond acceptors (Lipinski definition) is 3. The smallest absolute Gasteiger partial charge is 0.248 e. The van der Waals surface area contributed by atoms with E-state index in [1.165, 1.54) is 12.1 Å². The number of aryl methyl sites for hydroxylation is 1. The van der Waals surface area contributed by atoms with Crippen LogP contribution < -0.4 is 10.5 Å². The molecule has 0 saturated heterocycles. The second kappa shape index (κ2) is 5.44. The molecule has 1 heterocycles. The first kappa shape index (κ1) is 14.0. The Balaban J connectivity index is 2.02. The fourth-order valence-electron chi connectivity index (χ4n) is 2.19. The molecule has 110 valence electrons. The van der Waals surface area contributed by atoms with Crippen LogP contribution in [0.15, 0.2) is 48.5 Å². The van der Waals surface area contributed by atoms with Crippen molar-refractivity contribution in [2.45, 2.75) is 6.92 Å². The van der Waals surface area contributed by atoms with Crippen molar-refractivity contribution in [1.82, 2.24) is 4.98 Å². The summed E-state index contributed by atoms with van der Waals surface area (Å²) in [6.45, 7) is 1.84. The summed E-state index contributed by atoms with van der Waals surface area (Å²) in [7, 11) is 0. The van der Waals surface area contributed by atoms with Crippen LogP contribution in [0.1, 0.15) is 16.1 Å². The van der Waals surface area contributed by atoms with Crippen molar-refractivity contribution in [3.8, 4) is 11.5 Å². The number of ether oxygens (including phenoxy) is 1. The van der Waals surface area contributed by atoms with Crippen molar-refractivity contribution in [1.29, 1.82) is 0 Å². The third-order valence-electron chi connectivity index (χ3n) is 3.23. The van der Waals surface area contributed by atoms with Gasteiger partial charge in [-0.05, 0) is 49.4 Å². The molecule has 1 aromatic heterocycles. The fourth-order valence-corrected chi connectivity index (χ4v) is 2.19. The number of nitrogens with two attached hydrogens (primary N) is 1. The van der Waals surface area contributed by atoms with Gasteiger partial charge in [0.15, 0.2) is 0 Å². The van der Waals surface area contributed by atoms with Crippen LogP contribution in [0.5, 0.6) is 11.5 Å². The van der Waals surface area contributed by atoms with Gasteiger partial charge in [-0.2, -0.15) is 0 Å². The van der Waals surface area contributed by atoms with E-state index in [-0.39, 0.29) is 5.82 Å². The second-order valence-corrected chi connectivity index (χ2v) is 4.91. The molecule has 4 nitrogen and oxygen atoms in total. The van der Waals surface area contributed by atoms with Crippen LogP contribution in [0.3, 0.4) is 0 Å². The fraction of sp³-hybridized carbons (Fsp3) is 0.0588. The van der Waals surface area contributed by atoms with E-state index in [4.69, 9.17) is 10.5 Å². The molecule has 0 radical (unpaired) electrons. The molecule has 0 fully saturated rings. The first-order chi connectivity index (χ1) is 10.5. The highest BCUT2D eigenvalue weighted by Gasteiger charge is 2.08. The third kappa shape index (κ3) is 2.74. The summed E-state index contributed by atoms with van der Waals surface area (Å²) in [6.07, 6.45) is 0. The number of pyridine rings is 1. The quantitative estimate of drug-likeness (QED) is 0.803. The van der Waals surface area contributed by atoms with E-state index in [2.05, 4.69) is 4.98 Å². The zero-order valence-electron chi connectivity index (χ0n) is 11.8. The summed E-state index contributed by atoms with van der Waals surface area (Å²) in [5, 5.41) is 0.588. The van der Waals surface area contributed by atoms with Gasteiger partial charge in [0.25, 0.3) is 0 Å². The first-order valence-electron chi connectivity index (χ1n) is 6.67. The topological polar surface area (TPSA) is 65.2 Å². The molecule has 0 saturated carbocycles. The van der Waals surface area contributed by atoms with Crippen LogP contribution in [0, 0.1) is 12.7 Å². The molecular formula is C17H13FN2O2. The standard InChI is InChI=1S/C17H13FN2O2/c1-10-8-16(14-9-12(18)4-7-15(14)20-10)22-13-5-2-11(3-6-13)17(19)21/h2-9H,1H3,(H2,19,21). The molecular weight excluding hydrogens is 283 g/mol. The molecule has 0 spiro atoms. The summed E-state index contributed by atoms with van der Waals surface area (Å²) >= 11 is 0. The van der Waals surface area contributed by atoms with E-state index >= 15 is 0 Å². The number of benzene rings is 2. The highest BCUT2D eigenvalue weighted by molar-refractivity contribution is 5.92. The Morgan fingerprint density at radius 1 is 1.14 bits per heavy atom. The highest BCUT2D eigenvalue weighted by Crippen LogP contribution is 2.30. The Morgan fingerprint density at radius 3 is 2.55 bits per heavy atom. The summed E-state index contributed by atoms with van der Waals surface area (Å²) < 4.78 is 19.3. The van der Waals surface area contributed by atoms with Crippen molar-refractivity contribution < 1.29 is 13.9 Å². The van der Waals surface area contributed by atoms with E-state index in [0.717, 1.165) is 5.69 Å². The Bertz CT molecular complexity index is 860. The summed E-state index contributed by atoms with van der Waals surface area (Å²) in [5.41, 5.74) is 7.02. The molecule has 2 N–H and O–H groups in total. The molecule has 3 rings (SSSR count). The SMILES string of the molecule is Cc1cc(Oc2ccc(C(N)=O)cc2)c2cc(F)ccc2n1. The monoisotopic (exact) mass is 296 g/mol. The van der Waals surface area contributed by atoms with Crippen molar-refractivity contribution >= 4 is 16.8 Å². The Labute approximate surface area is 126 Å². The summed E-state index contributed by atoms with van der Waals surface area (Å²) in [6, 6.07) is 12.5. The van der Waals surface area contributed by atoms with Crippen LogP contribution >= 0.6 is 0 Å². The molecule has 3 aromatic rings. The van der Waals surface area contributed by atoms with Gasteiger partial charge in [0.1, 0.15) is 17.3 Å². The number of halogens is 1. The average molecular weight is 296 g/mol. The molecule has 5 heteroatoms. The lowest BCUT2D eigenvalue weighted by Crippen LogP contribution is -2.10. The number of aromatic nitrogens is 1. The zero-order valence-corrected chi connectivity index (χ0v) is 11.8. The normalized spacial score (nSPS) is 10.6. The number of primary amides is 1. The maximum Gasteiger partial charge on any atom is 0.248 e. The lowest BCUT2D eigenvalue weighted by atomic mass is 10.1. The first-order valence-corrected chi connectivity index (χ1v) is 6.67. The molecule has 0 bridgehead atoms. The number of nitrogens with zero attached hydrogens (tertiary/aromatic N) is 1. The molecule has 0 aliphatic heterocycles. The van der Waals surface area contributed by atoms with Crippen LogP contribution in [0.25, 0.3) is 10.9 Å². The molecule has 0 aliphatic rings. The Kier molecular flexibility index (Phi) is 3.47. The van der Waals surface area contributed by atoms with Gasteiger partial charge in [-0.3, -0.25) is 9.78 Å². The van der Waals surface area contributed by atoms with Gasteiger partial charge in [-0.25, -0.2) is 4.39 Å². The predicted molar refractivity (Wildman–Crippen MR) is 81.5 cm³/mol. The third-order valence-corrected chi connectivity index (χ3v) is 3.23. The maximum absolute atomic E-state index is 13.5. The minimum Gasteiger partial charge on any atom is -0.457 e. The second-order valence-electron chi connectivity index (χ2n) is 4.91. The lowest BCUT2D eigenvalue weighted by Gasteiger charge is -2.10. The number of rotatable bonds is 3. The Hall–Kier alpha value is -2.95. The van der Waals surface area contributed by atoms with Crippen LogP contribution in [0.4, 0.5) is 4.39 Å².